The van der Waals surface area contributed by atoms with Gasteiger partial charge in [0.25, 0.3) is 0 Å². The number of benzene rings is 2. The molecule has 0 saturated heterocycles. The van der Waals surface area contributed by atoms with Crippen molar-refractivity contribution in [2.24, 2.45) is 0 Å². The molecule has 0 radical (unpaired) electrons. The van der Waals surface area contributed by atoms with Crippen LogP contribution in [0.15, 0.2) is 36.4 Å². The maximum absolute atomic E-state index is 6.19. The number of halogens is 2. The van der Waals surface area contributed by atoms with E-state index in [1.54, 1.807) is 7.11 Å². The summed E-state index contributed by atoms with van der Waals surface area (Å²) in [4.78, 5) is 0. The standard InChI is InChI=1S/C16H16Cl2O2/c1-11-3-5-13(14(18)7-11)10-20-15-6-4-12(9-17)8-16(15)19-2/h3-8H,9-10H2,1-2H3. The van der Waals surface area contributed by atoms with Gasteiger partial charge in [-0.25, -0.2) is 0 Å². The number of aryl methyl sites for hydroxylation is 1. The summed E-state index contributed by atoms with van der Waals surface area (Å²) in [6.07, 6.45) is 0. The van der Waals surface area contributed by atoms with Crippen molar-refractivity contribution in [2.45, 2.75) is 19.4 Å². The lowest BCUT2D eigenvalue weighted by molar-refractivity contribution is 0.284. The number of rotatable bonds is 5. The third-order valence-corrected chi connectivity index (χ3v) is 3.63. The maximum atomic E-state index is 6.19. The summed E-state index contributed by atoms with van der Waals surface area (Å²) >= 11 is 12.0. The van der Waals surface area contributed by atoms with Crippen LogP contribution in [0.25, 0.3) is 0 Å². The number of hydrogen-bond acceptors (Lipinski definition) is 2. The minimum absolute atomic E-state index is 0.399. The Kier molecular flexibility index (Phi) is 5.16. The van der Waals surface area contributed by atoms with E-state index in [-0.39, 0.29) is 0 Å². The van der Waals surface area contributed by atoms with Gasteiger partial charge in [0.2, 0.25) is 0 Å². The molecular weight excluding hydrogens is 295 g/mol. The van der Waals surface area contributed by atoms with Crippen molar-refractivity contribution in [3.8, 4) is 11.5 Å². The molecule has 0 aliphatic rings. The molecule has 2 nitrogen and oxygen atoms in total. The van der Waals surface area contributed by atoms with Crippen LogP contribution in [0.1, 0.15) is 16.7 Å². The molecule has 0 aliphatic carbocycles. The van der Waals surface area contributed by atoms with Gasteiger partial charge in [0.15, 0.2) is 11.5 Å². The molecule has 2 rings (SSSR count). The highest BCUT2D eigenvalue weighted by Crippen LogP contribution is 2.30. The van der Waals surface area contributed by atoms with E-state index < -0.39 is 0 Å². The highest BCUT2D eigenvalue weighted by molar-refractivity contribution is 6.31. The van der Waals surface area contributed by atoms with Crippen molar-refractivity contribution in [3.63, 3.8) is 0 Å². The molecule has 0 fully saturated rings. The predicted octanol–water partition coefficient (Wildman–Crippen LogP) is 4.97. The van der Waals surface area contributed by atoms with E-state index in [0.29, 0.717) is 29.0 Å². The lowest BCUT2D eigenvalue weighted by Gasteiger charge is -2.12. The molecule has 0 aromatic heterocycles. The normalized spacial score (nSPS) is 10.4. The Morgan fingerprint density at radius 2 is 1.85 bits per heavy atom. The Morgan fingerprint density at radius 1 is 1.05 bits per heavy atom. The van der Waals surface area contributed by atoms with Crippen LogP contribution in [0.4, 0.5) is 0 Å². The van der Waals surface area contributed by atoms with Crippen molar-refractivity contribution in [3.05, 3.63) is 58.1 Å². The summed E-state index contributed by atoms with van der Waals surface area (Å²) in [5, 5.41) is 0.710. The van der Waals surface area contributed by atoms with Crippen molar-refractivity contribution in [1.82, 2.24) is 0 Å². The zero-order valence-corrected chi connectivity index (χ0v) is 13.0. The first kappa shape index (κ1) is 15.0. The summed E-state index contributed by atoms with van der Waals surface area (Å²) < 4.78 is 11.1. The van der Waals surface area contributed by atoms with E-state index in [9.17, 15) is 0 Å². The molecule has 0 bridgehead atoms. The van der Waals surface area contributed by atoms with Crippen molar-refractivity contribution < 1.29 is 9.47 Å². The summed E-state index contributed by atoms with van der Waals surface area (Å²) in [6.45, 7) is 2.40. The quantitative estimate of drug-likeness (QED) is 0.725. The van der Waals surface area contributed by atoms with Gasteiger partial charge >= 0.3 is 0 Å². The fourth-order valence-corrected chi connectivity index (χ4v) is 2.30. The van der Waals surface area contributed by atoms with Crippen LogP contribution in [-0.2, 0) is 12.5 Å². The summed E-state index contributed by atoms with van der Waals surface area (Å²) in [5.41, 5.74) is 3.06. The van der Waals surface area contributed by atoms with Crippen molar-refractivity contribution in [2.75, 3.05) is 7.11 Å². The van der Waals surface area contributed by atoms with Gasteiger partial charge in [0.1, 0.15) is 6.61 Å². The molecule has 0 heterocycles. The topological polar surface area (TPSA) is 18.5 Å². The molecule has 20 heavy (non-hydrogen) atoms. The zero-order chi connectivity index (χ0) is 14.5. The van der Waals surface area contributed by atoms with Gasteiger partial charge in [0.05, 0.1) is 7.11 Å². The summed E-state index contributed by atoms with van der Waals surface area (Å²) in [7, 11) is 1.61. The van der Waals surface area contributed by atoms with E-state index in [0.717, 1.165) is 16.7 Å². The Labute approximate surface area is 129 Å². The van der Waals surface area contributed by atoms with Crippen LogP contribution in [0.2, 0.25) is 5.02 Å². The van der Waals surface area contributed by atoms with Gasteiger partial charge in [-0.3, -0.25) is 0 Å². The smallest absolute Gasteiger partial charge is 0.161 e. The Morgan fingerprint density at radius 3 is 2.50 bits per heavy atom. The molecule has 0 amide bonds. The van der Waals surface area contributed by atoms with Crippen LogP contribution in [0, 0.1) is 6.92 Å². The lowest BCUT2D eigenvalue weighted by Crippen LogP contribution is -1.99. The second-order valence-electron chi connectivity index (χ2n) is 4.50. The van der Waals surface area contributed by atoms with Gasteiger partial charge in [-0.2, -0.15) is 0 Å². The SMILES string of the molecule is COc1cc(CCl)ccc1OCc1ccc(C)cc1Cl. The minimum atomic E-state index is 0.399. The molecule has 0 N–H and O–H groups in total. The molecule has 2 aromatic carbocycles. The Balaban J connectivity index is 2.14. The largest absolute Gasteiger partial charge is 0.493 e. The molecule has 0 aliphatic heterocycles. The first-order chi connectivity index (χ1) is 9.63. The fraction of sp³-hybridized carbons (Fsp3) is 0.250. The van der Waals surface area contributed by atoms with E-state index in [1.807, 2.05) is 43.3 Å². The van der Waals surface area contributed by atoms with Crippen molar-refractivity contribution >= 4 is 23.2 Å². The second kappa shape index (κ2) is 6.87. The van der Waals surface area contributed by atoms with Gasteiger partial charge < -0.3 is 9.47 Å². The fourth-order valence-electron chi connectivity index (χ4n) is 1.84. The van der Waals surface area contributed by atoms with Gasteiger partial charge in [-0.15, -0.1) is 11.6 Å². The number of methoxy groups -OCH3 is 1. The first-order valence-electron chi connectivity index (χ1n) is 6.24. The molecule has 4 heteroatoms. The van der Waals surface area contributed by atoms with E-state index in [1.165, 1.54) is 0 Å². The molecule has 0 atom stereocenters. The van der Waals surface area contributed by atoms with E-state index >= 15 is 0 Å². The average molecular weight is 311 g/mol. The molecule has 0 spiro atoms. The molecular formula is C16H16Cl2O2. The lowest BCUT2D eigenvalue weighted by atomic mass is 10.1. The average Bonchev–Trinajstić information content (AvgIpc) is 2.46. The highest BCUT2D eigenvalue weighted by atomic mass is 35.5. The van der Waals surface area contributed by atoms with E-state index in [2.05, 4.69) is 0 Å². The maximum Gasteiger partial charge on any atom is 0.161 e. The zero-order valence-electron chi connectivity index (χ0n) is 11.5. The third-order valence-electron chi connectivity index (χ3n) is 2.97. The van der Waals surface area contributed by atoms with Gasteiger partial charge in [-0.1, -0.05) is 29.8 Å². The monoisotopic (exact) mass is 310 g/mol. The van der Waals surface area contributed by atoms with Crippen LogP contribution in [0.3, 0.4) is 0 Å². The molecule has 0 saturated carbocycles. The number of ether oxygens (including phenoxy) is 2. The summed E-state index contributed by atoms with van der Waals surface area (Å²) in [5.74, 6) is 1.80. The molecule has 0 unspecified atom stereocenters. The van der Waals surface area contributed by atoms with E-state index in [4.69, 9.17) is 32.7 Å². The van der Waals surface area contributed by atoms with Crippen molar-refractivity contribution in [1.29, 1.82) is 0 Å². The number of alkyl halides is 1. The Hall–Kier alpha value is -1.38. The minimum Gasteiger partial charge on any atom is -0.493 e. The Bertz CT molecular complexity index is 597. The first-order valence-corrected chi connectivity index (χ1v) is 7.16. The van der Waals surface area contributed by atoms with Gasteiger partial charge in [-0.05, 0) is 36.2 Å². The van der Waals surface area contributed by atoms with Crippen LogP contribution < -0.4 is 9.47 Å². The van der Waals surface area contributed by atoms with Crippen LogP contribution >= 0.6 is 23.2 Å². The number of hydrogen-bond donors (Lipinski definition) is 0. The third kappa shape index (κ3) is 3.59. The van der Waals surface area contributed by atoms with Gasteiger partial charge in [0, 0.05) is 16.5 Å². The second-order valence-corrected chi connectivity index (χ2v) is 5.18. The summed E-state index contributed by atoms with van der Waals surface area (Å²) in [6, 6.07) is 11.6. The molecule has 2 aromatic rings. The van der Waals surface area contributed by atoms with Crippen LogP contribution in [0.5, 0.6) is 11.5 Å². The van der Waals surface area contributed by atoms with Crippen LogP contribution in [-0.4, -0.2) is 7.11 Å². The molecule has 106 valence electrons. The predicted molar refractivity (Wildman–Crippen MR) is 83.1 cm³/mol. The highest BCUT2D eigenvalue weighted by Gasteiger charge is 2.07.